The molecule has 2 aliphatic carbocycles. The van der Waals surface area contributed by atoms with Crippen LogP contribution in [0.3, 0.4) is 0 Å². The molecule has 98 valence electrons. The zero-order valence-electron chi connectivity index (χ0n) is 11.2. The van der Waals surface area contributed by atoms with Gasteiger partial charge < -0.3 is 5.73 Å². The predicted octanol–water partition coefficient (Wildman–Crippen LogP) is 2.66. The van der Waals surface area contributed by atoms with Crippen LogP contribution >= 0.6 is 0 Å². The molecule has 2 bridgehead atoms. The van der Waals surface area contributed by atoms with E-state index in [1.54, 1.807) is 0 Å². The summed E-state index contributed by atoms with van der Waals surface area (Å²) in [6.07, 6.45) is 9.35. The molecule has 1 aromatic rings. The highest BCUT2D eigenvalue weighted by Gasteiger charge is 2.41. The molecule has 0 spiro atoms. The van der Waals surface area contributed by atoms with E-state index in [9.17, 15) is 0 Å². The molecular formula is C15H23N3. The summed E-state index contributed by atoms with van der Waals surface area (Å²) in [5, 5.41) is 0. The monoisotopic (exact) mass is 245 g/mol. The van der Waals surface area contributed by atoms with Crippen LogP contribution < -0.4 is 5.73 Å². The fourth-order valence-corrected chi connectivity index (χ4v) is 3.68. The number of nitrogens with zero attached hydrogens (tertiary/aromatic N) is 2. The first kappa shape index (κ1) is 12.1. The lowest BCUT2D eigenvalue weighted by Crippen LogP contribution is -2.22. The molecular weight excluding hydrogens is 222 g/mol. The summed E-state index contributed by atoms with van der Waals surface area (Å²) in [6.45, 7) is 2.13. The van der Waals surface area contributed by atoms with E-state index >= 15 is 0 Å². The van der Waals surface area contributed by atoms with Gasteiger partial charge in [0, 0.05) is 30.3 Å². The molecule has 2 saturated carbocycles. The molecule has 0 amide bonds. The van der Waals surface area contributed by atoms with Gasteiger partial charge in [-0.1, -0.05) is 13.3 Å². The maximum atomic E-state index is 6.01. The van der Waals surface area contributed by atoms with Gasteiger partial charge in [-0.05, 0) is 43.6 Å². The summed E-state index contributed by atoms with van der Waals surface area (Å²) in [6, 6.07) is 2.25. The molecule has 2 N–H and O–H groups in total. The molecule has 2 fully saturated rings. The number of aromatic nitrogens is 2. The number of rotatable bonds is 4. The van der Waals surface area contributed by atoms with E-state index < -0.39 is 0 Å². The maximum Gasteiger partial charge on any atom is 0.131 e. The van der Waals surface area contributed by atoms with Crippen molar-refractivity contribution in [2.75, 3.05) is 0 Å². The van der Waals surface area contributed by atoms with Gasteiger partial charge in [0.15, 0.2) is 0 Å². The van der Waals surface area contributed by atoms with Crippen molar-refractivity contribution in [3.8, 4) is 0 Å². The molecule has 18 heavy (non-hydrogen) atoms. The lowest BCUT2D eigenvalue weighted by molar-refractivity contribution is 0.404. The van der Waals surface area contributed by atoms with E-state index in [0.717, 1.165) is 36.2 Å². The zero-order valence-corrected chi connectivity index (χ0v) is 11.2. The van der Waals surface area contributed by atoms with Gasteiger partial charge >= 0.3 is 0 Å². The van der Waals surface area contributed by atoms with Crippen LogP contribution in [0.25, 0.3) is 0 Å². The van der Waals surface area contributed by atoms with Crippen LogP contribution in [0, 0.1) is 11.8 Å². The Kier molecular flexibility index (Phi) is 3.33. The highest BCUT2D eigenvalue weighted by atomic mass is 14.9. The third-order valence-electron chi connectivity index (χ3n) is 4.80. The maximum absolute atomic E-state index is 6.01. The first-order chi connectivity index (χ1) is 8.76. The summed E-state index contributed by atoms with van der Waals surface area (Å²) >= 11 is 0. The Hall–Kier alpha value is -0.960. The minimum absolute atomic E-state index is 0.229. The van der Waals surface area contributed by atoms with Crippen molar-refractivity contribution in [3.05, 3.63) is 23.8 Å². The molecule has 4 atom stereocenters. The Morgan fingerprint density at radius 3 is 2.94 bits per heavy atom. The van der Waals surface area contributed by atoms with Crippen LogP contribution in [0.5, 0.6) is 0 Å². The van der Waals surface area contributed by atoms with Crippen LogP contribution in [0.2, 0.25) is 0 Å². The van der Waals surface area contributed by atoms with Gasteiger partial charge in [0.05, 0.1) is 0 Å². The van der Waals surface area contributed by atoms with Gasteiger partial charge in [-0.2, -0.15) is 0 Å². The Bertz CT molecular complexity index is 418. The third kappa shape index (κ3) is 2.28. The first-order valence-electron chi connectivity index (χ1n) is 7.33. The van der Waals surface area contributed by atoms with E-state index in [1.165, 1.54) is 25.7 Å². The number of hydrogen-bond acceptors (Lipinski definition) is 3. The molecule has 1 aromatic heterocycles. The van der Waals surface area contributed by atoms with Gasteiger partial charge in [-0.15, -0.1) is 0 Å². The summed E-state index contributed by atoms with van der Waals surface area (Å²) in [4.78, 5) is 9.29. The molecule has 0 radical (unpaired) electrons. The average molecular weight is 245 g/mol. The molecule has 1 heterocycles. The molecule has 2 aliphatic rings. The fraction of sp³-hybridized carbons (Fsp3) is 0.733. The second-order valence-corrected chi connectivity index (χ2v) is 6.06. The van der Waals surface area contributed by atoms with Crippen molar-refractivity contribution in [3.63, 3.8) is 0 Å². The Morgan fingerprint density at radius 2 is 2.28 bits per heavy atom. The molecule has 4 unspecified atom stereocenters. The highest BCUT2D eigenvalue weighted by molar-refractivity contribution is 5.11. The first-order valence-corrected chi connectivity index (χ1v) is 7.33. The lowest BCUT2D eigenvalue weighted by atomic mass is 9.88. The molecule has 3 heteroatoms. The van der Waals surface area contributed by atoms with Gasteiger partial charge in [0.25, 0.3) is 0 Å². The van der Waals surface area contributed by atoms with E-state index in [2.05, 4.69) is 11.9 Å². The van der Waals surface area contributed by atoms with Crippen molar-refractivity contribution < 1.29 is 0 Å². The topological polar surface area (TPSA) is 51.8 Å². The molecule has 3 rings (SSSR count). The second-order valence-electron chi connectivity index (χ2n) is 6.06. The zero-order chi connectivity index (χ0) is 12.5. The van der Waals surface area contributed by atoms with E-state index in [-0.39, 0.29) is 6.04 Å². The van der Waals surface area contributed by atoms with Gasteiger partial charge in [-0.25, -0.2) is 9.97 Å². The Labute approximate surface area is 109 Å². The summed E-state index contributed by atoms with van der Waals surface area (Å²) in [5.74, 6) is 3.51. The minimum atomic E-state index is 0.229. The smallest absolute Gasteiger partial charge is 0.131 e. The van der Waals surface area contributed by atoms with Crippen LogP contribution in [-0.2, 0) is 6.42 Å². The summed E-state index contributed by atoms with van der Waals surface area (Å²) in [7, 11) is 0. The molecule has 3 nitrogen and oxygen atoms in total. The van der Waals surface area contributed by atoms with Crippen molar-refractivity contribution in [1.82, 2.24) is 9.97 Å². The van der Waals surface area contributed by atoms with E-state index in [4.69, 9.17) is 10.7 Å². The largest absolute Gasteiger partial charge is 0.327 e. The molecule has 0 aromatic carbocycles. The standard InChI is InChI=1S/C15H23N3/c1-2-12(16)9-13-5-6-17-15(18-13)14-8-10-3-4-11(14)7-10/h5-6,10-12,14H,2-4,7-9,16H2,1H3. The Balaban J connectivity index is 1.75. The van der Waals surface area contributed by atoms with Gasteiger partial charge in [-0.3, -0.25) is 0 Å². The number of hydrogen-bond donors (Lipinski definition) is 1. The molecule has 0 saturated heterocycles. The van der Waals surface area contributed by atoms with Crippen molar-refractivity contribution in [1.29, 1.82) is 0 Å². The lowest BCUT2D eigenvalue weighted by Gasteiger charge is -2.20. The summed E-state index contributed by atoms with van der Waals surface area (Å²) in [5.41, 5.74) is 7.13. The number of nitrogens with two attached hydrogens (primary N) is 1. The third-order valence-corrected chi connectivity index (χ3v) is 4.80. The van der Waals surface area contributed by atoms with Crippen LogP contribution in [0.15, 0.2) is 12.3 Å². The normalized spacial score (nSPS) is 31.8. The van der Waals surface area contributed by atoms with Crippen molar-refractivity contribution in [2.45, 2.75) is 57.4 Å². The SMILES string of the molecule is CCC(N)Cc1ccnc(C2CC3CCC2C3)n1. The average Bonchev–Trinajstić information content (AvgIpc) is 3.01. The minimum Gasteiger partial charge on any atom is -0.327 e. The van der Waals surface area contributed by atoms with E-state index in [0.29, 0.717) is 5.92 Å². The molecule has 0 aliphatic heterocycles. The van der Waals surface area contributed by atoms with Crippen LogP contribution in [-0.4, -0.2) is 16.0 Å². The van der Waals surface area contributed by atoms with Crippen molar-refractivity contribution >= 4 is 0 Å². The summed E-state index contributed by atoms with van der Waals surface area (Å²) < 4.78 is 0. The quantitative estimate of drug-likeness (QED) is 0.887. The van der Waals surface area contributed by atoms with Crippen LogP contribution in [0.4, 0.5) is 0 Å². The number of fused-ring (bicyclic) bond motifs is 2. The van der Waals surface area contributed by atoms with Crippen molar-refractivity contribution in [2.24, 2.45) is 17.6 Å². The second kappa shape index (κ2) is 4.96. The van der Waals surface area contributed by atoms with Crippen LogP contribution in [0.1, 0.15) is 56.5 Å². The van der Waals surface area contributed by atoms with E-state index in [1.807, 2.05) is 12.3 Å². The highest BCUT2D eigenvalue weighted by Crippen LogP contribution is 2.51. The predicted molar refractivity (Wildman–Crippen MR) is 72.2 cm³/mol. The Morgan fingerprint density at radius 1 is 1.39 bits per heavy atom. The van der Waals surface area contributed by atoms with Gasteiger partial charge in [0.2, 0.25) is 0 Å². The fourth-order valence-electron chi connectivity index (χ4n) is 3.68. The van der Waals surface area contributed by atoms with Gasteiger partial charge in [0.1, 0.15) is 5.82 Å².